The fraction of sp³-hybridized carbons (Fsp3) is 0.0870. The minimum atomic E-state index is -0.377. The minimum Gasteiger partial charge on any atom is -0.497 e. The highest BCUT2D eigenvalue weighted by molar-refractivity contribution is 6.04. The van der Waals surface area contributed by atoms with Crippen molar-refractivity contribution in [3.8, 4) is 17.6 Å². The number of carbonyl (C=O) groups is 2. The molecule has 3 aromatic carbocycles. The highest BCUT2D eigenvalue weighted by atomic mass is 16.5. The first-order chi connectivity index (χ1) is 14.6. The fourth-order valence-electron chi connectivity index (χ4n) is 2.61. The second kappa shape index (κ2) is 9.75. The molecule has 0 saturated carbocycles. The molecule has 0 aliphatic rings. The van der Waals surface area contributed by atoms with E-state index in [2.05, 4.69) is 10.6 Å². The van der Waals surface area contributed by atoms with E-state index in [1.807, 2.05) is 6.07 Å². The van der Waals surface area contributed by atoms with Crippen molar-refractivity contribution in [2.75, 3.05) is 24.4 Å². The zero-order valence-corrected chi connectivity index (χ0v) is 16.2. The van der Waals surface area contributed by atoms with E-state index in [4.69, 9.17) is 14.7 Å². The van der Waals surface area contributed by atoms with Gasteiger partial charge >= 0.3 is 0 Å². The lowest BCUT2D eigenvalue weighted by Gasteiger charge is -2.09. The molecule has 7 heteroatoms. The van der Waals surface area contributed by atoms with Crippen LogP contribution in [0.1, 0.15) is 15.9 Å². The molecule has 3 aromatic rings. The van der Waals surface area contributed by atoms with Gasteiger partial charge in [0, 0.05) is 16.9 Å². The first-order valence-electron chi connectivity index (χ1n) is 9.06. The molecule has 30 heavy (non-hydrogen) atoms. The molecule has 0 saturated heterocycles. The van der Waals surface area contributed by atoms with Gasteiger partial charge < -0.3 is 20.1 Å². The van der Waals surface area contributed by atoms with Crippen LogP contribution in [0.2, 0.25) is 0 Å². The zero-order chi connectivity index (χ0) is 21.3. The van der Waals surface area contributed by atoms with E-state index in [0.29, 0.717) is 34.0 Å². The molecule has 0 aliphatic carbocycles. The SMILES string of the molecule is COc1ccc(NC(=O)c2ccc(NC(=O)COc3ccccc3C#N)cc2)cc1. The standard InChI is InChI=1S/C23H19N3O4/c1-29-20-12-10-19(11-13-20)26-23(28)16-6-8-18(9-7-16)25-22(27)15-30-21-5-3-2-4-17(21)14-24/h2-13H,15H2,1H3,(H,25,27)(H,26,28). The molecule has 0 aliphatic heterocycles. The third kappa shape index (κ3) is 5.36. The van der Waals surface area contributed by atoms with Gasteiger partial charge in [0.05, 0.1) is 12.7 Å². The largest absolute Gasteiger partial charge is 0.497 e. The third-order valence-corrected chi connectivity index (χ3v) is 4.15. The molecule has 0 bridgehead atoms. The first kappa shape index (κ1) is 20.4. The number of ether oxygens (including phenoxy) is 2. The number of nitrogens with zero attached hydrogens (tertiary/aromatic N) is 1. The number of benzene rings is 3. The topological polar surface area (TPSA) is 100 Å². The Labute approximate surface area is 173 Å². The van der Waals surface area contributed by atoms with Crippen LogP contribution in [0.5, 0.6) is 11.5 Å². The first-order valence-corrected chi connectivity index (χ1v) is 9.06. The molecule has 0 unspecified atom stereocenters. The van der Waals surface area contributed by atoms with Gasteiger partial charge in [-0.25, -0.2) is 0 Å². The molecule has 7 nitrogen and oxygen atoms in total. The Hall–Kier alpha value is -4.31. The molecular weight excluding hydrogens is 382 g/mol. The lowest BCUT2D eigenvalue weighted by molar-refractivity contribution is -0.118. The van der Waals surface area contributed by atoms with Crippen LogP contribution in [0, 0.1) is 11.3 Å². The average Bonchev–Trinajstić information content (AvgIpc) is 2.79. The maximum absolute atomic E-state index is 12.3. The van der Waals surface area contributed by atoms with Crippen LogP contribution < -0.4 is 20.1 Å². The number of amides is 2. The van der Waals surface area contributed by atoms with Crippen molar-refractivity contribution in [2.45, 2.75) is 0 Å². The van der Waals surface area contributed by atoms with Gasteiger partial charge in [-0.15, -0.1) is 0 Å². The number of carbonyl (C=O) groups excluding carboxylic acids is 2. The molecule has 0 heterocycles. The van der Waals surface area contributed by atoms with Crippen LogP contribution in [0.3, 0.4) is 0 Å². The summed E-state index contributed by atoms with van der Waals surface area (Å²) in [6.45, 7) is -0.238. The Bertz CT molecular complexity index is 1070. The number of hydrogen-bond donors (Lipinski definition) is 2. The molecule has 0 spiro atoms. The van der Waals surface area contributed by atoms with E-state index in [1.165, 1.54) is 0 Å². The van der Waals surface area contributed by atoms with Crippen LogP contribution in [0.15, 0.2) is 72.8 Å². The smallest absolute Gasteiger partial charge is 0.262 e. The number of para-hydroxylation sites is 1. The summed E-state index contributed by atoms with van der Waals surface area (Å²) in [4.78, 5) is 24.4. The van der Waals surface area contributed by atoms with Crippen LogP contribution in [0.4, 0.5) is 11.4 Å². The minimum absolute atomic E-state index is 0.238. The van der Waals surface area contributed by atoms with E-state index in [9.17, 15) is 9.59 Å². The van der Waals surface area contributed by atoms with Crippen molar-refractivity contribution in [3.63, 3.8) is 0 Å². The van der Waals surface area contributed by atoms with Crippen molar-refractivity contribution >= 4 is 23.2 Å². The Morgan fingerprint density at radius 3 is 2.20 bits per heavy atom. The van der Waals surface area contributed by atoms with Crippen LogP contribution in [0.25, 0.3) is 0 Å². The summed E-state index contributed by atoms with van der Waals surface area (Å²) in [5, 5.41) is 14.5. The fourth-order valence-corrected chi connectivity index (χ4v) is 2.61. The van der Waals surface area contributed by atoms with Crippen molar-refractivity contribution in [1.29, 1.82) is 5.26 Å². The van der Waals surface area contributed by atoms with Crippen molar-refractivity contribution in [2.24, 2.45) is 0 Å². The summed E-state index contributed by atoms with van der Waals surface area (Å²) in [7, 11) is 1.57. The van der Waals surface area contributed by atoms with Crippen LogP contribution in [-0.2, 0) is 4.79 Å². The highest BCUT2D eigenvalue weighted by Crippen LogP contribution is 2.18. The maximum atomic E-state index is 12.3. The second-order valence-electron chi connectivity index (χ2n) is 6.20. The summed E-state index contributed by atoms with van der Waals surface area (Å²) in [5.41, 5.74) is 1.98. The third-order valence-electron chi connectivity index (χ3n) is 4.15. The van der Waals surface area contributed by atoms with Gasteiger partial charge in [-0.3, -0.25) is 9.59 Å². The van der Waals surface area contributed by atoms with Crippen molar-refractivity contribution < 1.29 is 19.1 Å². The summed E-state index contributed by atoms with van der Waals surface area (Å²) in [5.74, 6) is 0.404. The molecule has 3 rings (SSSR count). The summed E-state index contributed by atoms with van der Waals surface area (Å²) < 4.78 is 10.5. The van der Waals surface area contributed by atoms with Gasteiger partial charge in [0.2, 0.25) is 0 Å². The van der Waals surface area contributed by atoms with Crippen molar-refractivity contribution in [1.82, 2.24) is 0 Å². The zero-order valence-electron chi connectivity index (χ0n) is 16.2. The molecule has 2 N–H and O–H groups in total. The van der Waals surface area contributed by atoms with E-state index in [1.54, 1.807) is 79.9 Å². The molecule has 0 aromatic heterocycles. The molecule has 150 valence electrons. The number of anilines is 2. The molecule has 0 radical (unpaired) electrons. The van der Waals surface area contributed by atoms with E-state index in [0.717, 1.165) is 0 Å². The lowest BCUT2D eigenvalue weighted by Crippen LogP contribution is -2.20. The monoisotopic (exact) mass is 401 g/mol. The number of nitriles is 1. The normalized spacial score (nSPS) is 9.87. The van der Waals surface area contributed by atoms with Crippen LogP contribution >= 0.6 is 0 Å². The predicted octanol–water partition coefficient (Wildman–Crippen LogP) is 3.84. The van der Waals surface area contributed by atoms with Gasteiger partial charge in [-0.2, -0.15) is 5.26 Å². The molecule has 2 amide bonds. The quantitative estimate of drug-likeness (QED) is 0.627. The number of hydrogen-bond acceptors (Lipinski definition) is 5. The summed E-state index contributed by atoms with van der Waals surface area (Å²) >= 11 is 0. The van der Waals surface area contributed by atoms with Gasteiger partial charge in [0.15, 0.2) is 6.61 Å². The van der Waals surface area contributed by atoms with Gasteiger partial charge in [0.1, 0.15) is 17.6 Å². The van der Waals surface area contributed by atoms with Gasteiger partial charge in [0.25, 0.3) is 11.8 Å². The lowest BCUT2D eigenvalue weighted by atomic mass is 10.2. The Kier molecular flexibility index (Phi) is 6.64. The summed E-state index contributed by atoms with van der Waals surface area (Å²) in [6.07, 6.45) is 0. The second-order valence-corrected chi connectivity index (χ2v) is 6.20. The average molecular weight is 401 g/mol. The number of rotatable bonds is 7. The van der Waals surface area contributed by atoms with E-state index >= 15 is 0 Å². The van der Waals surface area contributed by atoms with Crippen LogP contribution in [-0.4, -0.2) is 25.5 Å². The highest BCUT2D eigenvalue weighted by Gasteiger charge is 2.09. The van der Waals surface area contributed by atoms with Gasteiger partial charge in [-0.05, 0) is 60.7 Å². The number of nitrogens with one attached hydrogen (secondary N) is 2. The molecule has 0 fully saturated rings. The summed E-state index contributed by atoms with van der Waals surface area (Å²) in [6, 6.07) is 22.2. The Balaban J connectivity index is 1.53. The molecular formula is C23H19N3O4. The van der Waals surface area contributed by atoms with Gasteiger partial charge in [-0.1, -0.05) is 12.1 Å². The van der Waals surface area contributed by atoms with E-state index < -0.39 is 0 Å². The Morgan fingerprint density at radius 2 is 1.53 bits per heavy atom. The van der Waals surface area contributed by atoms with E-state index in [-0.39, 0.29) is 18.4 Å². The predicted molar refractivity (Wildman–Crippen MR) is 113 cm³/mol. The maximum Gasteiger partial charge on any atom is 0.262 e. The van der Waals surface area contributed by atoms with Crippen molar-refractivity contribution in [3.05, 3.63) is 83.9 Å². The Morgan fingerprint density at radius 1 is 0.900 bits per heavy atom. The molecule has 0 atom stereocenters. The number of methoxy groups -OCH3 is 1.